The molecule has 3 unspecified atom stereocenters. The highest BCUT2D eigenvalue weighted by atomic mass is 19.4. The molecule has 1 aliphatic heterocycles. The number of carbonyl (C=O) groups is 1. The van der Waals surface area contributed by atoms with Crippen LogP contribution in [0.15, 0.2) is 24.5 Å². The van der Waals surface area contributed by atoms with Crippen LogP contribution in [0, 0.1) is 17.6 Å². The third-order valence-electron chi connectivity index (χ3n) is 5.20. The second-order valence-electron chi connectivity index (χ2n) is 7.32. The summed E-state index contributed by atoms with van der Waals surface area (Å²) in [5, 5.41) is 13.7. The number of amides is 1. The van der Waals surface area contributed by atoms with Gasteiger partial charge in [0.15, 0.2) is 11.6 Å². The molecule has 0 spiro atoms. The van der Waals surface area contributed by atoms with Gasteiger partial charge in [-0.2, -0.15) is 18.3 Å². The number of nitrogens with zero attached hydrogens (tertiary/aromatic N) is 4. The molecule has 0 saturated carbocycles. The minimum Gasteiger partial charge on any atom is -0.373 e. The van der Waals surface area contributed by atoms with Crippen LogP contribution in [0.3, 0.4) is 0 Å². The van der Waals surface area contributed by atoms with E-state index in [2.05, 4.69) is 10.1 Å². The number of likely N-dealkylation sites (tertiary alicyclic amines) is 1. The van der Waals surface area contributed by atoms with Gasteiger partial charge in [0, 0.05) is 37.0 Å². The SMILES string of the molecule is CC1CN(C(=O)C(C)(O)C(F)(F)F)CCC1c1ccnn1-c1ncc(F)cc1F. The van der Waals surface area contributed by atoms with Crippen LogP contribution in [-0.4, -0.2) is 55.5 Å². The standard InChI is InChI=1S/C18H19F5N4O2/c1-10-9-26(16(28)17(2,29)18(21,22)23)6-4-12(10)14-3-5-25-27(14)15-13(20)7-11(19)8-24-15/h3,5,7-8,10,12,29H,4,6,9H2,1-2H3. The maximum atomic E-state index is 14.1. The molecule has 29 heavy (non-hydrogen) atoms. The zero-order valence-electron chi connectivity index (χ0n) is 15.6. The molecule has 1 aliphatic rings. The summed E-state index contributed by atoms with van der Waals surface area (Å²) >= 11 is 0. The number of piperidine rings is 1. The Hall–Kier alpha value is -2.56. The van der Waals surface area contributed by atoms with Crippen LogP contribution in [0.25, 0.3) is 5.82 Å². The predicted octanol–water partition coefficient (Wildman–Crippen LogP) is 2.81. The molecule has 11 heteroatoms. The fraction of sp³-hybridized carbons (Fsp3) is 0.500. The van der Waals surface area contributed by atoms with Crippen LogP contribution in [0.2, 0.25) is 0 Å². The molecule has 2 aromatic rings. The lowest BCUT2D eigenvalue weighted by Gasteiger charge is -2.40. The molecule has 1 fully saturated rings. The maximum absolute atomic E-state index is 14.1. The molecule has 1 N–H and O–H groups in total. The predicted molar refractivity (Wildman–Crippen MR) is 91.1 cm³/mol. The summed E-state index contributed by atoms with van der Waals surface area (Å²) in [6.07, 6.45) is -2.55. The van der Waals surface area contributed by atoms with E-state index in [9.17, 15) is 31.9 Å². The van der Waals surface area contributed by atoms with Crippen molar-refractivity contribution in [3.63, 3.8) is 0 Å². The van der Waals surface area contributed by atoms with Gasteiger partial charge in [-0.05, 0) is 25.3 Å². The van der Waals surface area contributed by atoms with E-state index < -0.39 is 29.3 Å². The summed E-state index contributed by atoms with van der Waals surface area (Å²) in [6.45, 7) is 2.12. The Bertz CT molecular complexity index is 912. The number of hydrogen-bond donors (Lipinski definition) is 1. The number of rotatable bonds is 3. The van der Waals surface area contributed by atoms with Gasteiger partial charge < -0.3 is 10.0 Å². The third-order valence-corrected chi connectivity index (χ3v) is 5.20. The van der Waals surface area contributed by atoms with Crippen molar-refractivity contribution < 1.29 is 31.9 Å². The summed E-state index contributed by atoms with van der Waals surface area (Å²) in [4.78, 5) is 16.9. The molecule has 0 radical (unpaired) electrons. The normalized spacial score (nSPS) is 22.4. The summed E-state index contributed by atoms with van der Waals surface area (Å²) < 4.78 is 67.4. The molecule has 1 amide bonds. The maximum Gasteiger partial charge on any atom is 0.426 e. The number of carbonyl (C=O) groups excluding carboxylic acids is 1. The lowest BCUT2D eigenvalue weighted by atomic mass is 9.83. The van der Waals surface area contributed by atoms with Crippen LogP contribution in [0.1, 0.15) is 31.9 Å². The van der Waals surface area contributed by atoms with Gasteiger partial charge in [-0.25, -0.2) is 18.4 Å². The van der Waals surface area contributed by atoms with Crippen molar-refractivity contribution in [3.8, 4) is 5.82 Å². The fourth-order valence-electron chi connectivity index (χ4n) is 3.53. The van der Waals surface area contributed by atoms with Crippen molar-refractivity contribution in [2.24, 2.45) is 5.92 Å². The lowest BCUT2D eigenvalue weighted by Crippen LogP contribution is -2.58. The number of pyridine rings is 1. The summed E-state index contributed by atoms with van der Waals surface area (Å²) in [7, 11) is 0. The van der Waals surface area contributed by atoms with Gasteiger partial charge in [0.1, 0.15) is 5.82 Å². The van der Waals surface area contributed by atoms with Gasteiger partial charge >= 0.3 is 6.18 Å². The fourth-order valence-corrected chi connectivity index (χ4v) is 3.53. The molecule has 0 bridgehead atoms. The Morgan fingerprint density at radius 1 is 1.31 bits per heavy atom. The second kappa shape index (κ2) is 7.36. The van der Waals surface area contributed by atoms with E-state index in [1.165, 1.54) is 10.9 Å². The third kappa shape index (κ3) is 3.83. The number of hydrogen-bond acceptors (Lipinski definition) is 4. The van der Waals surface area contributed by atoms with E-state index in [0.29, 0.717) is 18.7 Å². The first-order valence-corrected chi connectivity index (χ1v) is 8.87. The molecule has 1 saturated heterocycles. The first kappa shape index (κ1) is 21.2. The average Bonchev–Trinajstić information content (AvgIpc) is 3.09. The Labute approximate surface area is 163 Å². The summed E-state index contributed by atoms with van der Waals surface area (Å²) in [5.74, 6) is -3.92. The molecule has 0 aliphatic carbocycles. The van der Waals surface area contributed by atoms with Crippen molar-refractivity contribution >= 4 is 5.91 Å². The van der Waals surface area contributed by atoms with E-state index in [0.717, 1.165) is 11.1 Å². The second-order valence-corrected chi connectivity index (χ2v) is 7.32. The zero-order valence-corrected chi connectivity index (χ0v) is 15.6. The van der Waals surface area contributed by atoms with Gasteiger partial charge in [-0.3, -0.25) is 4.79 Å². The van der Waals surface area contributed by atoms with E-state index in [1.807, 2.05) is 0 Å². The van der Waals surface area contributed by atoms with Gasteiger partial charge in [-0.15, -0.1) is 0 Å². The molecule has 158 valence electrons. The van der Waals surface area contributed by atoms with E-state index in [-0.39, 0.29) is 37.2 Å². The first-order chi connectivity index (χ1) is 13.4. The van der Waals surface area contributed by atoms with E-state index in [1.54, 1.807) is 13.0 Å². The highest BCUT2D eigenvalue weighted by Gasteiger charge is 2.57. The molecule has 2 aromatic heterocycles. The molecule has 3 atom stereocenters. The summed E-state index contributed by atoms with van der Waals surface area (Å²) in [5.41, 5.74) is -2.92. The van der Waals surface area contributed by atoms with Gasteiger partial charge in [-0.1, -0.05) is 6.92 Å². The van der Waals surface area contributed by atoms with E-state index >= 15 is 0 Å². The van der Waals surface area contributed by atoms with Crippen molar-refractivity contribution in [2.75, 3.05) is 13.1 Å². The molecule has 3 heterocycles. The molecular weight excluding hydrogens is 399 g/mol. The highest BCUT2D eigenvalue weighted by Crippen LogP contribution is 2.37. The van der Waals surface area contributed by atoms with Crippen LogP contribution >= 0.6 is 0 Å². The van der Waals surface area contributed by atoms with Gasteiger partial charge in [0.05, 0.1) is 6.20 Å². The van der Waals surface area contributed by atoms with Crippen LogP contribution in [0.4, 0.5) is 22.0 Å². The molecule has 0 aromatic carbocycles. The van der Waals surface area contributed by atoms with Crippen LogP contribution in [-0.2, 0) is 4.79 Å². The largest absolute Gasteiger partial charge is 0.426 e. The highest BCUT2D eigenvalue weighted by molar-refractivity contribution is 5.85. The Balaban J connectivity index is 1.82. The number of aromatic nitrogens is 3. The van der Waals surface area contributed by atoms with Crippen molar-refractivity contribution in [3.05, 3.63) is 41.9 Å². The Morgan fingerprint density at radius 2 is 2.00 bits per heavy atom. The van der Waals surface area contributed by atoms with Crippen LogP contribution < -0.4 is 0 Å². The van der Waals surface area contributed by atoms with E-state index in [4.69, 9.17) is 0 Å². The summed E-state index contributed by atoms with van der Waals surface area (Å²) in [6, 6.07) is 2.30. The van der Waals surface area contributed by atoms with Gasteiger partial charge in [0.25, 0.3) is 5.91 Å². The topological polar surface area (TPSA) is 71.2 Å². The minimum absolute atomic E-state index is 0.0232. The minimum atomic E-state index is -5.09. The lowest BCUT2D eigenvalue weighted by molar-refractivity contribution is -0.250. The number of halogens is 5. The van der Waals surface area contributed by atoms with Crippen molar-refractivity contribution in [1.82, 2.24) is 19.7 Å². The quantitative estimate of drug-likeness (QED) is 0.779. The monoisotopic (exact) mass is 418 g/mol. The van der Waals surface area contributed by atoms with Crippen LogP contribution in [0.5, 0.6) is 0 Å². The number of aliphatic hydroxyl groups is 1. The molecule has 3 rings (SSSR count). The number of alkyl halides is 3. The Kier molecular flexibility index (Phi) is 5.37. The van der Waals surface area contributed by atoms with Crippen molar-refractivity contribution in [2.45, 2.75) is 38.0 Å². The molecule has 6 nitrogen and oxygen atoms in total. The average molecular weight is 418 g/mol. The Morgan fingerprint density at radius 3 is 2.59 bits per heavy atom. The first-order valence-electron chi connectivity index (χ1n) is 8.87. The van der Waals surface area contributed by atoms with Crippen molar-refractivity contribution in [1.29, 1.82) is 0 Å². The zero-order chi connectivity index (χ0) is 21.6. The molecular formula is C18H19F5N4O2. The van der Waals surface area contributed by atoms with Gasteiger partial charge in [0.2, 0.25) is 5.60 Å². The smallest absolute Gasteiger partial charge is 0.373 e.